The molecule has 116 valence electrons. The average Bonchev–Trinajstić information content (AvgIpc) is 2.53. The van der Waals surface area contributed by atoms with Gasteiger partial charge in [-0.15, -0.1) is 0 Å². The number of carbonyl (C=O) groups is 1. The Labute approximate surface area is 126 Å². The number of rotatable bonds is 6. The molecule has 1 fully saturated rings. The van der Waals surface area contributed by atoms with Crippen molar-refractivity contribution >= 4 is 5.97 Å². The van der Waals surface area contributed by atoms with Gasteiger partial charge in [-0.25, -0.2) is 0 Å². The molecule has 0 amide bonds. The summed E-state index contributed by atoms with van der Waals surface area (Å²) in [4.78, 5) is 14.1. The monoisotopic (exact) mass is 291 g/mol. The highest BCUT2D eigenvalue weighted by atomic mass is 16.5. The van der Waals surface area contributed by atoms with Gasteiger partial charge in [0.05, 0.1) is 13.0 Å². The van der Waals surface area contributed by atoms with E-state index in [0.29, 0.717) is 6.54 Å². The second kappa shape index (κ2) is 8.12. The number of piperidine rings is 1. The molecule has 1 aromatic carbocycles. The number of carbonyl (C=O) groups excluding carboxylic acids is 1. The van der Waals surface area contributed by atoms with Gasteiger partial charge in [-0.2, -0.15) is 0 Å². The molecule has 5 heteroatoms. The van der Waals surface area contributed by atoms with E-state index in [2.05, 4.69) is 22.3 Å². The number of likely N-dealkylation sites (tertiary alicyclic amines) is 1. The van der Waals surface area contributed by atoms with Crippen LogP contribution in [0.15, 0.2) is 30.3 Å². The third-order valence-electron chi connectivity index (χ3n) is 3.94. The average molecular weight is 291 g/mol. The second-order valence-corrected chi connectivity index (χ2v) is 5.57. The SMILES string of the molecule is COC(=O)C1CC(NCc2ccccc2)CN(CCN)C1. The predicted octanol–water partition coefficient (Wildman–Crippen LogP) is 0.598. The molecule has 0 spiro atoms. The van der Waals surface area contributed by atoms with Crippen molar-refractivity contribution in [1.82, 2.24) is 10.2 Å². The van der Waals surface area contributed by atoms with Crippen molar-refractivity contribution in [3.8, 4) is 0 Å². The van der Waals surface area contributed by atoms with Crippen LogP contribution in [-0.4, -0.2) is 50.2 Å². The Morgan fingerprint density at radius 3 is 2.81 bits per heavy atom. The molecule has 1 aliphatic rings. The molecule has 2 atom stereocenters. The summed E-state index contributed by atoms with van der Waals surface area (Å²) in [5, 5.41) is 3.54. The first kappa shape index (κ1) is 15.9. The molecule has 0 aromatic heterocycles. The van der Waals surface area contributed by atoms with Gasteiger partial charge in [-0.3, -0.25) is 9.69 Å². The maximum Gasteiger partial charge on any atom is 0.310 e. The number of nitrogens with two attached hydrogens (primary N) is 1. The number of benzene rings is 1. The fourth-order valence-electron chi connectivity index (χ4n) is 2.90. The quantitative estimate of drug-likeness (QED) is 0.751. The Bertz CT molecular complexity index is 438. The number of esters is 1. The van der Waals surface area contributed by atoms with E-state index in [9.17, 15) is 4.79 Å². The molecule has 2 rings (SSSR count). The lowest BCUT2D eigenvalue weighted by molar-refractivity contribution is -0.147. The Kier molecular flexibility index (Phi) is 6.17. The van der Waals surface area contributed by atoms with Crippen LogP contribution in [0.25, 0.3) is 0 Å². The minimum Gasteiger partial charge on any atom is -0.469 e. The highest BCUT2D eigenvalue weighted by molar-refractivity contribution is 5.72. The molecule has 1 saturated heterocycles. The van der Waals surface area contributed by atoms with E-state index in [-0.39, 0.29) is 17.9 Å². The van der Waals surface area contributed by atoms with E-state index in [1.165, 1.54) is 12.7 Å². The second-order valence-electron chi connectivity index (χ2n) is 5.57. The lowest BCUT2D eigenvalue weighted by atomic mass is 9.94. The summed E-state index contributed by atoms with van der Waals surface area (Å²) in [7, 11) is 1.45. The van der Waals surface area contributed by atoms with Gasteiger partial charge in [0.2, 0.25) is 0 Å². The molecule has 21 heavy (non-hydrogen) atoms. The standard InChI is InChI=1S/C16H25N3O2/c1-21-16(20)14-9-15(12-19(11-14)8-7-17)18-10-13-5-3-2-4-6-13/h2-6,14-15,18H,7-12,17H2,1H3. The molecule has 0 radical (unpaired) electrons. The summed E-state index contributed by atoms with van der Waals surface area (Å²) in [6.07, 6.45) is 0.820. The molecular weight excluding hydrogens is 266 g/mol. The molecule has 5 nitrogen and oxygen atoms in total. The van der Waals surface area contributed by atoms with Crippen molar-refractivity contribution in [2.45, 2.75) is 19.0 Å². The van der Waals surface area contributed by atoms with Crippen LogP contribution in [0.1, 0.15) is 12.0 Å². The Hall–Kier alpha value is -1.43. The van der Waals surface area contributed by atoms with Crippen LogP contribution < -0.4 is 11.1 Å². The molecule has 3 N–H and O–H groups in total. The van der Waals surface area contributed by atoms with Gasteiger partial charge in [-0.1, -0.05) is 30.3 Å². The molecule has 1 aliphatic heterocycles. The summed E-state index contributed by atoms with van der Waals surface area (Å²) >= 11 is 0. The zero-order valence-corrected chi connectivity index (χ0v) is 12.6. The Morgan fingerprint density at radius 2 is 2.14 bits per heavy atom. The molecule has 1 aromatic rings. The van der Waals surface area contributed by atoms with Gasteiger partial charge in [-0.05, 0) is 12.0 Å². The Balaban J connectivity index is 1.92. The topological polar surface area (TPSA) is 67.6 Å². The number of nitrogens with one attached hydrogen (secondary N) is 1. The fraction of sp³-hybridized carbons (Fsp3) is 0.562. The Morgan fingerprint density at radius 1 is 1.38 bits per heavy atom. The smallest absolute Gasteiger partial charge is 0.310 e. The summed E-state index contributed by atoms with van der Waals surface area (Å²) in [5.41, 5.74) is 6.90. The van der Waals surface area contributed by atoms with Crippen molar-refractivity contribution in [3.05, 3.63) is 35.9 Å². The van der Waals surface area contributed by atoms with E-state index >= 15 is 0 Å². The van der Waals surface area contributed by atoms with Crippen LogP contribution in [0.3, 0.4) is 0 Å². The van der Waals surface area contributed by atoms with E-state index in [0.717, 1.165) is 32.6 Å². The third kappa shape index (κ3) is 4.81. The third-order valence-corrected chi connectivity index (χ3v) is 3.94. The van der Waals surface area contributed by atoms with Gasteiger partial charge in [0.1, 0.15) is 0 Å². The largest absolute Gasteiger partial charge is 0.469 e. The minimum atomic E-state index is -0.122. The number of methoxy groups -OCH3 is 1. The molecule has 2 unspecified atom stereocenters. The van der Waals surface area contributed by atoms with Crippen molar-refractivity contribution in [2.24, 2.45) is 11.7 Å². The van der Waals surface area contributed by atoms with Crippen LogP contribution >= 0.6 is 0 Å². The summed E-state index contributed by atoms with van der Waals surface area (Å²) in [6.45, 7) is 3.91. The normalized spacial score (nSPS) is 23.0. The molecule has 0 aliphatic carbocycles. The molecular formula is C16H25N3O2. The van der Waals surface area contributed by atoms with Crippen molar-refractivity contribution in [2.75, 3.05) is 33.3 Å². The van der Waals surface area contributed by atoms with E-state index in [4.69, 9.17) is 10.5 Å². The van der Waals surface area contributed by atoms with E-state index in [1.54, 1.807) is 0 Å². The highest BCUT2D eigenvalue weighted by Crippen LogP contribution is 2.18. The highest BCUT2D eigenvalue weighted by Gasteiger charge is 2.31. The van der Waals surface area contributed by atoms with Crippen LogP contribution in [0, 0.1) is 5.92 Å². The van der Waals surface area contributed by atoms with E-state index in [1.807, 2.05) is 18.2 Å². The summed E-state index contributed by atoms with van der Waals surface area (Å²) < 4.78 is 4.90. The first-order chi connectivity index (χ1) is 10.2. The number of hydrogen-bond acceptors (Lipinski definition) is 5. The zero-order valence-electron chi connectivity index (χ0n) is 12.6. The number of ether oxygens (including phenoxy) is 1. The van der Waals surface area contributed by atoms with Gasteiger partial charge >= 0.3 is 5.97 Å². The number of nitrogens with zero attached hydrogens (tertiary/aromatic N) is 1. The fourth-order valence-corrected chi connectivity index (χ4v) is 2.90. The maximum atomic E-state index is 11.8. The molecule has 0 bridgehead atoms. The van der Waals surface area contributed by atoms with Crippen molar-refractivity contribution < 1.29 is 9.53 Å². The van der Waals surface area contributed by atoms with Crippen molar-refractivity contribution in [1.29, 1.82) is 0 Å². The zero-order chi connectivity index (χ0) is 15.1. The van der Waals surface area contributed by atoms with E-state index < -0.39 is 0 Å². The lowest BCUT2D eigenvalue weighted by Crippen LogP contribution is -2.52. The summed E-state index contributed by atoms with van der Waals surface area (Å²) in [5.74, 6) is -0.188. The molecule has 1 heterocycles. The van der Waals surface area contributed by atoms with Gasteiger partial charge in [0.25, 0.3) is 0 Å². The van der Waals surface area contributed by atoms with Gasteiger partial charge in [0, 0.05) is 38.8 Å². The maximum absolute atomic E-state index is 11.8. The van der Waals surface area contributed by atoms with Crippen LogP contribution in [-0.2, 0) is 16.1 Å². The summed E-state index contributed by atoms with van der Waals surface area (Å²) in [6, 6.07) is 10.6. The van der Waals surface area contributed by atoms with Gasteiger partial charge < -0.3 is 15.8 Å². The van der Waals surface area contributed by atoms with Crippen molar-refractivity contribution in [3.63, 3.8) is 0 Å². The molecule has 0 saturated carbocycles. The first-order valence-corrected chi connectivity index (χ1v) is 7.50. The first-order valence-electron chi connectivity index (χ1n) is 7.50. The predicted molar refractivity (Wildman–Crippen MR) is 82.7 cm³/mol. The van der Waals surface area contributed by atoms with Gasteiger partial charge in [0.15, 0.2) is 0 Å². The lowest BCUT2D eigenvalue weighted by Gasteiger charge is -2.36. The minimum absolute atomic E-state index is 0.0661. The number of hydrogen-bond donors (Lipinski definition) is 2. The van der Waals surface area contributed by atoms with Crippen LogP contribution in [0.5, 0.6) is 0 Å². The van der Waals surface area contributed by atoms with Crippen LogP contribution in [0.4, 0.5) is 0 Å². The van der Waals surface area contributed by atoms with Crippen LogP contribution in [0.2, 0.25) is 0 Å².